The summed E-state index contributed by atoms with van der Waals surface area (Å²) in [5, 5.41) is 10.9. The van der Waals surface area contributed by atoms with E-state index in [9.17, 15) is 10.1 Å². The number of nitrogens with zero attached hydrogens (tertiary/aromatic N) is 2. The van der Waals surface area contributed by atoms with Gasteiger partial charge >= 0.3 is 0 Å². The third-order valence-electron chi connectivity index (χ3n) is 4.95. The first-order valence-corrected chi connectivity index (χ1v) is 7.53. The molecule has 4 heteroatoms. The molecule has 2 atom stereocenters. The Hall–Kier alpha value is -1.16. The van der Waals surface area contributed by atoms with Crippen LogP contribution in [0.25, 0.3) is 0 Å². The van der Waals surface area contributed by atoms with Crippen molar-refractivity contribution in [2.24, 2.45) is 5.92 Å². The van der Waals surface area contributed by atoms with Crippen LogP contribution in [-0.2, 0) is 0 Å². The fourth-order valence-corrected chi connectivity index (χ4v) is 3.83. The first-order chi connectivity index (χ1) is 9.24. The van der Waals surface area contributed by atoms with Crippen molar-refractivity contribution in [1.29, 1.82) is 0 Å². The molecule has 0 bridgehead atoms. The number of hydrogen-bond acceptors (Lipinski definition) is 3. The smallest absolute Gasteiger partial charge is 0.265 e. The lowest BCUT2D eigenvalue weighted by Crippen LogP contribution is -2.32. The summed E-state index contributed by atoms with van der Waals surface area (Å²) in [7, 11) is 0. The van der Waals surface area contributed by atoms with Crippen molar-refractivity contribution >= 4 is 0 Å². The van der Waals surface area contributed by atoms with Gasteiger partial charge in [0.1, 0.15) is 0 Å². The van der Waals surface area contributed by atoms with E-state index in [0.29, 0.717) is 17.7 Å². The van der Waals surface area contributed by atoms with Crippen molar-refractivity contribution in [2.45, 2.75) is 51.0 Å². The molecule has 0 aromatic heterocycles. The second kappa shape index (κ2) is 5.45. The van der Waals surface area contributed by atoms with Crippen LogP contribution in [0.4, 0.5) is 0 Å². The first kappa shape index (κ1) is 12.9. The van der Waals surface area contributed by atoms with Gasteiger partial charge in [0.15, 0.2) is 0 Å². The van der Waals surface area contributed by atoms with Crippen LogP contribution in [0.2, 0.25) is 0 Å². The average Bonchev–Trinajstić information content (AvgIpc) is 2.85. The van der Waals surface area contributed by atoms with E-state index in [0.717, 1.165) is 12.8 Å². The summed E-state index contributed by atoms with van der Waals surface area (Å²) in [4.78, 5) is 13.3. The molecule has 2 fully saturated rings. The zero-order valence-corrected chi connectivity index (χ0v) is 11.4. The van der Waals surface area contributed by atoms with Crippen molar-refractivity contribution in [3.8, 4) is 0 Å². The fraction of sp³-hybridized carbons (Fsp3) is 0.733. The summed E-state index contributed by atoms with van der Waals surface area (Å²) in [5.41, 5.74) is 1.64. The zero-order chi connectivity index (χ0) is 13.2. The number of likely N-dealkylation sites (tertiary alicyclic amines) is 1. The molecule has 1 saturated heterocycles. The van der Waals surface area contributed by atoms with Crippen molar-refractivity contribution in [2.75, 3.05) is 13.1 Å². The van der Waals surface area contributed by atoms with Gasteiger partial charge in [-0.05, 0) is 70.0 Å². The molecule has 3 rings (SSSR count). The first-order valence-electron chi connectivity index (χ1n) is 7.53. The lowest BCUT2D eigenvalue weighted by Gasteiger charge is -2.26. The Balaban J connectivity index is 1.68. The van der Waals surface area contributed by atoms with Gasteiger partial charge < -0.3 is 4.90 Å². The maximum absolute atomic E-state index is 10.9. The van der Waals surface area contributed by atoms with Gasteiger partial charge in [0.2, 0.25) is 0 Å². The minimum atomic E-state index is -0.244. The standard InChI is InChI=1S/C15H22N2O2/c18-17(19)15-8-4-12-3-6-14(7-5-13(12)11-15)16-9-1-2-10-16/h8,11-12,14H,1-7,9-10H2. The van der Waals surface area contributed by atoms with Crippen molar-refractivity contribution in [1.82, 2.24) is 4.90 Å². The number of nitro groups is 1. The highest BCUT2D eigenvalue weighted by molar-refractivity contribution is 5.26. The largest absolute Gasteiger partial charge is 0.300 e. The van der Waals surface area contributed by atoms with Crippen LogP contribution < -0.4 is 0 Å². The maximum Gasteiger partial charge on any atom is 0.265 e. The van der Waals surface area contributed by atoms with Gasteiger partial charge in [-0.3, -0.25) is 10.1 Å². The van der Waals surface area contributed by atoms with Crippen molar-refractivity contribution in [3.63, 3.8) is 0 Å². The number of allylic oxidation sites excluding steroid dienone is 3. The molecule has 104 valence electrons. The van der Waals surface area contributed by atoms with Gasteiger partial charge in [0.25, 0.3) is 5.70 Å². The van der Waals surface area contributed by atoms with E-state index < -0.39 is 0 Å². The predicted molar refractivity (Wildman–Crippen MR) is 74.3 cm³/mol. The summed E-state index contributed by atoms with van der Waals surface area (Å²) in [6.45, 7) is 2.51. The van der Waals surface area contributed by atoms with Gasteiger partial charge in [0, 0.05) is 12.1 Å². The molecule has 1 aliphatic heterocycles. The third kappa shape index (κ3) is 2.73. The van der Waals surface area contributed by atoms with Gasteiger partial charge in [-0.25, -0.2) is 0 Å². The maximum atomic E-state index is 10.9. The molecule has 1 saturated carbocycles. The molecule has 0 aromatic carbocycles. The van der Waals surface area contributed by atoms with Gasteiger partial charge in [0.05, 0.1) is 4.92 Å². The molecule has 0 N–H and O–H groups in total. The van der Waals surface area contributed by atoms with Crippen LogP contribution in [0.15, 0.2) is 23.4 Å². The molecule has 4 nitrogen and oxygen atoms in total. The molecule has 3 aliphatic rings. The molecule has 19 heavy (non-hydrogen) atoms. The molecule has 2 aliphatic carbocycles. The minimum Gasteiger partial charge on any atom is -0.300 e. The van der Waals surface area contributed by atoms with E-state index in [1.165, 1.54) is 50.8 Å². The minimum absolute atomic E-state index is 0.244. The predicted octanol–water partition coefficient (Wildman–Crippen LogP) is 3.13. The second-order valence-electron chi connectivity index (χ2n) is 6.05. The third-order valence-corrected chi connectivity index (χ3v) is 4.95. The lowest BCUT2D eigenvalue weighted by molar-refractivity contribution is -0.419. The van der Waals surface area contributed by atoms with Gasteiger partial charge in [-0.2, -0.15) is 0 Å². The van der Waals surface area contributed by atoms with E-state index >= 15 is 0 Å². The Bertz CT molecular complexity index is 422. The highest BCUT2D eigenvalue weighted by Gasteiger charge is 2.30. The SMILES string of the molecule is O=[N+]([O-])C1=CCC2CCC(N3CCCC3)CCC2=C1. The van der Waals surface area contributed by atoms with Crippen LogP contribution in [-0.4, -0.2) is 29.0 Å². The summed E-state index contributed by atoms with van der Waals surface area (Å²) in [6.07, 6.45) is 11.9. The Morgan fingerprint density at radius 2 is 2.00 bits per heavy atom. The number of fused-ring (bicyclic) bond motifs is 1. The summed E-state index contributed by atoms with van der Waals surface area (Å²) in [6, 6.07) is 0.716. The molecule has 0 aromatic rings. The summed E-state index contributed by atoms with van der Waals surface area (Å²) >= 11 is 0. The summed E-state index contributed by atoms with van der Waals surface area (Å²) < 4.78 is 0. The molecule has 0 spiro atoms. The average molecular weight is 262 g/mol. The van der Waals surface area contributed by atoms with E-state index in [4.69, 9.17) is 0 Å². The highest BCUT2D eigenvalue weighted by Crippen LogP contribution is 2.36. The monoisotopic (exact) mass is 262 g/mol. The molecule has 0 amide bonds. The van der Waals surface area contributed by atoms with Crippen molar-refractivity contribution in [3.05, 3.63) is 33.5 Å². The number of hydrogen-bond donors (Lipinski definition) is 0. The van der Waals surface area contributed by atoms with Crippen LogP contribution in [0, 0.1) is 16.0 Å². The Labute approximate surface area is 114 Å². The number of rotatable bonds is 2. The molecular formula is C15H22N2O2. The quantitative estimate of drug-likeness (QED) is 0.567. The van der Waals surface area contributed by atoms with Crippen molar-refractivity contribution < 1.29 is 4.92 Å². The van der Waals surface area contributed by atoms with E-state index in [1.807, 2.05) is 12.2 Å². The van der Waals surface area contributed by atoms with Crippen LogP contribution >= 0.6 is 0 Å². The molecule has 2 unspecified atom stereocenters. The Kier molecular flexibility index (Phi) is 3.69. The molecule has 0 radical (unpaired) electrons. The molecular weight excluding hydrogens is 240 g/mol. The summed E-state index contributed by atoms with van der Waals surface area (Å²) in [5.74, 6) is 0.566. The van der Waals surface area contributed by atoms with E-state index in [-0.39, 0.29) is 4.92 Å². The molecule has 1 heterocycles. The van der Waals surface area contributed by atoms with E-state index in [1.54, 1.807) is 0 Å². The van der Waals surface area contributed by atoms with Crippen LogP contribution in [0.1, 0.15) is 44.9 Å². The zero-order valence-electron chi connectivity index (χ0n) is 11.4. The normalized spacial score (nSPS) is 32.2. The second-order valence-corrected chi connectivity index (χ2v) is 6.05. The topological polar surface area (TPSA) is 46.4 Å². The van der Waals surface area contributed by atoms with Crippen LogP contribution in [0.5, 0.6) is 0 Å². The van der Waals surface area contributed by atoms with Gasteiger partial charge in [-0.1, -0.05) is 5.57 Å². The lowest BCUT2D eigenvalue weighted by atomic mass is 9.87. The highest BCUT2D eigenvalue weighted by atomic mass is 16.6. The Morgan fingerprint density at radius 3 is 2.74 bits per heavy atom. The fourth-order valence-electron chi connectivity index (χ4n) is 3.83. The van der Waals surface area contributed by atoms with Crippen LogP contribution in [0.3, 0.4) is 0 Å². The Morgan fingerprint density at radius 1 is 1.21 bits per heavy atom. The van der Waals surface area contributed by atoms with Gasteiger partial charge in [-0.15, -0.1) is 0 Å². The van der Waals surface area contributed by atoms with E-state index in [2.05, 4.69) is 4.90 Å².